The highest BCUT2D eigenvalue weighted by Gasteiger charge is 2.36. The highest BCUT2D eigenvalue weighted by Crippen LogP contribution is 2.29. The van der Waals surface area contributed by atoms with Crippen molar-refractivity contribution in [3.05, 3.63) is 65.5 Å². The summed E-state index contributed by atoms with van der Waals surface area (Å²) in [5.41, 5.74) is 1.26. The Bertz CT molecular complexity index is 823. The molecule has 0 amide bonds. The van der Waals surface area contributed by atoms with Crippen molar-refractivity contribution < 1.29 is 17.5 Å². The van der Waals surface area contributed by atoms with Crippen LogP contribution in [0, 0.1) is 12.7 Å². The van der Waals surface area contributed by atoms with Gasteiger partial charge in [0.2, 0.25) is 10.0 Å². The third kappa shape index (κ3) is 3.22. The van der Waals surface area contributed by atoms with E-state index in [9.17, 15) is 12.8 Å². The monoisotopic (exact) mass is 349 g/mol. The minimum Gasteiger partial charge on any atom is -0.370 e. The molecule has 128 valence electrons. The molecule has 0 N–H and O–H groups in total. The Morgan fingerprint density at radius 1 is 1.17 bits per heavy atom. The number of hydrogen-bond acceptors (Lipinski definition) is 3. The Hall–Kier alpha value is -1.76. The van der Waals surface area contributed by atoms with Gasteiger partial charge in [-0.25, -0.2) is 12.8 Å². The maximum absolute atomic E-state index is 13.5. The zero-order valence-corrected chi connectivity index (χ0v) is 14.5. The molecule has 2 aromatic rings. The maximum Gasteiger partial charge on any atom is 0.243 e. The van der Waals surface area contributed by atoms with Gasteiger partial charge in [0.1, 0.15) is 5.82 Å². The van der Waals surface area contributed by atoms with Gasteiger partial charge in [-0.1, -0.05) is 30.3 Å². The molecule has 2 unspecified atom stereocenters. The van der Waals surface area contributed by atoms with Crippen molar-refractivity contribution in [3.8, 4) is 0 Å². The van der Waals surface area contributed by atoms with Crippen LogP contribution in [0.4, 0.5) is 4.39 Å². The molecule has 6 heteroatoms. The van der Waals surface area contributed by atoms with Crippen LogP contribution in [0.15, 0.2) is 53.4 Å². The number of hydrogen-bond donors (Lipinski definition) is 0. The number of benzene rings is 2. The van der Waals surface area contributed by atoms with Gasteiger partial charge in [0.15, 0.2) is 0 Å². The molecule has 0 bridgehead atoms. The van der Waals surface area contributed by atoms with E-state index >= 15 is 0 Å². The SMILES string of the molecule is Cc1cc(S(=O)(=O)N2CC(c3ccccc3)OCC2C)ccc1F. The van der Waals surface area contributed by atoms with Crippen LogP contribution in [-0.2, 0) is 14.8 Å². The molecule has 2 aromatic carbocycles. The molecule has 1 fully saturated rings. The molecule has 3 rings (SSSR count). The van der Waals surface area contributed by atoms with E-state index in [1.807, 2.05) is 37.3 Å². The molecule has 1 heterocycles. The van der Waals surface area contributed by atoms with Crippen LogP contribution in [0.5, 0.6) is 0 Å². The van der Waals surface area contributed by atoms with Gasteiger partial charge in [0.25, 0.3) is 0 Å². The van der Waals surface area contributed by atoms with E-state index in [-0.39, 0.29) is 23.6 Å². The van der Waals surface area contributed by atoms with Crippen LogP contribution in [0.1, 0.15) is 24.2 Å². The van der Waals surface area contributed by atoms with Crippen molar-refractivity contribution in [1.82, 2.24) is 4.31 Å². The van der Waals surface area contributed by atoms with E-state index in [1.165, 1.54) is 22.5 Å². The van der Waals surface area contributed by atoms with Crippen LogP contribution in [0.2, 0.25) is 0 Å². The Labute approximate surface area is 141 Å². The summed E-state index contributed by atoms with van der Waals surface area (Å²) in [7, 11) is -3.70. The summed E-state index contributed by atoms with van der Waals surface area (Å²) in [4.78, 5) is 0.113. The number of nitrogens with zero attached hydrogens (tertiary/aromatic N) is 1. The summed E-state index contributed by atoms with van der Waals surface area (Å²) < 4.78 is 46.7. The second-order valence-corrected chi connectivity index (χ2v) is 7.96. The average molecular weight is 349 g/mol. The van der Waals surface area contributed by atoms with Gasteiger partial charge in [-0.05, 0) is 43.2 Å². The lowest BCUT2D eigenvalue weighted by Crippen LogP contribution is -2.48. The molecule has 0 radical (unpaired) electrons. The van der Waals surface area contributed by atoms with E-state index in [0.717, 1.165) is 5.56 Å². The van der Waals surface area contributed by atoms with E-state index in [1.54, 1.807) is 6.92 Å². The molecule has 0 aromatic heterocycles. The minimum atomic E-state index is -3.70. The zero-order chi connectivity index (χ0) is 17.3. The lowest BCUT2D eigenvalue weighted by Gasteiger charge is -2.37. The Kier molecular flexibility index (Phi) is 4.71. The molecule has 0 spiro atoms. The summed E-state index contributed by atoms with van der Waals surface area (Å²) in [6.45, 7) is 3.93. The number of rotatable bonds is 3. The third-order valence-corrected chi connectivity index (χ3v) is 6.26. The van der Waals surface area contributed by atoms with Crippen molar-refractivity contribution in [2.45, 2.75) is 30.9 Å². The summed E-state index contributed by atoms with van der Waals surface area (Å²) in [5.74, 6) is -0.411. The normalized spacial score (nSPS) is 22.5. The van der Waals surface area contributed by atoms with E-state index < -0.39 is 15.8 Å². The van der Waals surface area contributed by atoms with Crippen LogP contribution in [0.25, 0.3) is 0 Å². The molecule has 1 aliphatic heterocycles. The van der Waals surface area contributed by atoms with Crippen molar-refractivity contribution in [2.75, 3.05) is 13.2 Å². The smallest absolute Gasteiger partial charge is 0.243 e. The number of morpholine rings is 1. The van der Waals surface area contributed by atoms with E-state index in [2.05, 4.69) is 0 Å². The van der Waals surface area contributed by atoms with Crippen molar-refractivity contribution >= 4 is 10.0 Å². The minimum absolute atomic E-state index is 0.113. The van der Waals surface area contributed by atoms with Crippen LogP contribution >= 0.6 is 0 Å². The quantitative estimate of drug-likeness (QED) is 0.854. The second kappa shape index (κ2) is 6.63. The van der Waals surface area contributed by atoms with Crippen molar-refractivity contribution in [2.24, 2.45) is 0 Å². The lowest BCUT2D eigenvalue weighted by atomic mass is 10.1. The molecule has 2 atom stereocenters. The Balaban J connectivity index is 1.92. The highest BCUT2D eigenvalue weighted by molar-refractivity contribution is 7.89. The topological polar surface area (TPSA) is 46.6 Å². The highest BCUT2D eigenvalue weighted by atomic mass is 32.2. The lowest BCUT2D eigenvalue weighted by molar-refractivity contribution is -0.0288. The van der Waals surface area contributed by atoms with Gasteiger partial charge in [0.05, 0.1) is 17.6 Å². The molecular weight excluding hydrogens is 329 g/mol. The van der Waals surface area contributed by atoms with E-state index in [4.69, 9.17) is 4.74 Å². The molecule has 1 aliphatic rings. The number of sulfonamides is 1. The number of ether oxygens (including phenoxy) is 1. The Morgan fingerprint density at radius 2 is 1.88 bits per heavy atom. The van der Waals surface area contributed by atoms with Gasteiger partial charge in [-0.2, -0.15) is 4.31 Å². The van der Waals surface area contributed by atoms with E-state index in [0.29, 0.717) is 12.2 Å². The zero-order valence-electron chi connectivity index (χ0n) is 13.6. The summed E-state index contributed by atoms with van der Waals surface area (Å²) in [5, 5.41) is 0. The first-order valence-electron chi connectivity index (χ1n) is 7.84. The standard InChI is InChI=1S/C18H20FNO3S/c1-13-10-16(8-9-17(13)19)24(21,22)20-11-18(23-12-14(20)2)15-6-4-3-5-7-15/h3-10,14,18H,11-12H2,1-2H3. The van der Waals surface area contributed by atoms with Crippen LogP contribution < -0.4 is 0 Å². The Morgan fingerprint density at radius 3 is 2.54 bits per heavy atom. The van der Waals surface area contributed by atoms with Gasteiger partial charge in [0, 0.05) is 12.6 Å². The fourth-order valence-corrected chi connectivity index (χ4v) is 4.55. The van der Waals surface area contributed by atoms with Gasteiger partial charge in [-0.15, -0.1) is 0 Å². The number of aryl methyl sites for hydroxylation is 1. The van der Waals surface area contributed by atoms with Crippen LogP contribution in [-0.4, -0.2) is 31.9 Å². The molecule has 0 saturated carbocycles. The first kappa shape index (κ1) is 17.1. The third-order valence-electron chi connectivity index (χ3n) is 4.28. The van der Waals surface area contributed by atoms with Crippen molar-refractivity contribution in [3.63, 3.8) is 0 Å². The maximum atomic E-state index is 13.5. The summed E-state index contributed by atoms with van der Waals surface area (Å²) in [6.07, 6.45) is -0.307. The van der Waals surface area contributed by atoms with Crippen molar-refractivity contribution in [1.29, 1.82) is 0 Å². The first-order chi connectivity index (χ1) is 11.4. The second-order valence-electron chi connectivity index (χ2n) is 6.07. The van der Waals surface area contributed by atoms with Crippen LogP contribution in [0.3, 0.4) is 0 Å². The van der Waals surface area contributed by atoms with Gasteiger partial charge >= 0.3 is 0 Å². The molecule has 4 nitrogen and oxygen atoms in total. The largest absolute Gasteiger partial charge is 0.370 e. The molecule has 1 saturated heterocycles. The fraction of sp³-hybridized carbons (Fsp3) is 0.333. The predicted octanol–water partition coefficient (Wildman–Crippen LogP) is 3.28. The van der Waals surface area contributed by atoms with Gasteiger partial charge in [-0.3, -0.25) is 0 Å². The fourth-order valence-electron chi connectivity index (χ4n) is 2.85. The first-order valence-corrected chi connectivity index (χ1v) is 9.28. The molecule has 0 aliphatic carbocycles. The molecular formula is C18H20FNO3S. The summed E-state index contributed by atoms with van der Waals surface area (Å²) in [6, 6.07) is 13.2. The van der Waals surface area contributed by atoms with Gasteiger partial charge < -0.3 is 4.74 Å². The average Bonchev–Trinajstić information content (AvgIpc) is 2.58. The number of halogens is 1. The molecule has 24 heavy (non-hydrogen) atoms. The summed E-state index contributed by atoms with van der Waals surface area (Å²) >= 11 is 0. The predicted molar refractivity (Wildman–Crippen MR) is 89.6 cm³/mol.